The molecule has 0 spiro atoms. The largest absolute Gasteiger partial charge is 0.462 e. The summed E-state index contributed by atoms with van der Waals surface area (Å²) < 4.78 is 11.3. The maximum atomic E-state index is 13.0. The van der Waals surface area contributed by atoms with E-state index in [1.807, 2.05) is 0 Å². The van der Waals surface area contributed by atoms with Crippen molar-refractivity contribution in [2.75, 3.05) is 6.61 Å². The molecule has 6 heteroatoms. The quantitative estimate of drug-likeness (QED) is 0.347. The summed E-state index contributed by atoms with van der Waals surface area (Å²) >= 11 is 0. The third-order valence-corrected chi connectivity index (χ3v) is 11.2. The summed E-state index contributed by atoms with van der Waals surface area (Å²) in [4.78, 5) is 24.2. The third-order valence-electron chi connectivity index (χ3n) is 11.2. The molecule has 6 nitrogen and oxygen atoms in total. The summed E-state index contributed by atoms with van der Waals surface area (Å²) in [6.45, 7) is 10.7. The van der Waals surface area contributed by atoms with Crippen LogP contribution >= 0.6 is 0 Å². The minimum Gasteiger partial charge on any atom is -0.462 e. The Morgan fingerprint density at radius 2 is 1.89 bits per heavy atom. The molecule has 38 heavy (non-hydrogen) atoms. The standard InChI is InChI=1S/C32H52O6/c1-21(2)10-9-15-31-27(34)14-16-30(5,25-11-7-6-8-12-25)29(31)26(38-23(4)33)18-22(3)32(31,36)17-13-24-19-28(35)37-20-24/h19,21-22,25-27,29,34,36H,6-18,20H2,1-5H3. The summed E-state index contributed by atoms with van der Waals surface area (Å²) in [6.07, 6.45) is 12.5. The fraction of sp³-hybridized carbons (Fsp3) is 0.875. The van der Waals surface area contributed by atoms with E-state index in [4.69, 9.17) is 9.47 Å². The van der Waals surface area contributed by atoms with Gasteiger partial charge >= 0.3 is 11.9 Å². The Morgan fingerprint density at radius 1 is 1.18 bits per heavy atom. The number of fused-ring (bicyclic) bond motifs is 1. The van der Waals surface area contributed by atoms with Gasteiger partial charge < -0.3 is 19.7 Å². The summed E-state index contributed by atoms with van der Waals surface area (Å²) in [5.41, 5.74) is -1.15. The molecule has 3 saturated carbocycles. The molecule has 0 saturated heterocycles. The highest BCUT2D eigenvalue weighted by atomic mass is 16.5. The molecule has 7 atom stereocenters. The number of carbonyl (C=O) groups excluding carboxylic acids is 2. The van der Waals surface area contributed by atoms with Crippen molar-refractivity contribution in [3.63, 3.8) is 0 Å². The molecule has 3 fully saturated rings. The van der Waals surface area contributed by atoms with Gasteiger partial charge in [0, 0.05) is 24.3 Å². The van der Waals surface area contributed by atoms with E-state index < -0.39 is 17.1 Å². The van der Waals surface area contributed by atoms with Crippen molar-refractivity contribution in [3.05, 3.63) is 11.6 Å². The Bertz CT molecular complexity index is 890. The van der Waals surface area contributed by atoms with Crippen LogP contribution in [0.5, 0.6) is 0 Å². The molecule has 0 aromatic carbocycles. The van der Waals surface area contributed by atoms with E-state index in [1.165, 1.54) is 26.2 Å². The van der Waals surface area contributed by atoms with Gasteiger partial charge in [-0.3, -0.25) is 4.79 Å². The van der Waals surface area contributed by atoms with E-state index in [9.17, 15) is 19.8 Å². The molecule has 0 aromatic heterocycles. The first-order valence-electron chi connectivity index (χ1n) is 15.4. The Balaban J connectivity index is 1.83. The lowest BCUT2D eigenvalue weighted by atomic mass is 9.38. The molecule has 4 aliphatic rings. The Hall–Kier alpha value is -1.40. The highest BCUT2D eigenvalue weighted by Gasteiger charge is 2.71. The lowest BCUT2D eigenvalue weighted by Gasteiger charge is -2.69. The van der Waals surface area contributed by atoms with Gasteiger partial charge in [0.15, 0.2) is 0 Å². The van der Waals surface area contributed by atoms with Crippen molar-refractivity contribution in [3.8, 4) is 0 Å². The molecule has 2 N–H and O–H groups in total. The number of aliphatic hydroxyl groups is 2. The number of hydrogen-bond acceptors (Lipinski definition) is 6. The smallest absolute Gasteiger partial charge is 0.331 e. The van der Waals surface area contributed by atoms with Gasteiger partial charge in [-0.05, 0) is 80.1 Å². The molecule has 1 aliphatic heterocycles. The molecule has 0 bridgehead atoms. The fourth-order valence-electron chi connectivity index (χ4n) is 9.39. The van der Waals surface area contributed by atoms with Crippen LogP contribution in [0.4, 0.5) is 0 Å². The van der Waals surface area contributed by atoms with E-state index in [0.717, 1.165) is 37.7 Å². The molecule has 0 radical (unpaired) electrons. The first-order chi connectivity index (χ1) is 17.9. The highest BCUT2D eigenvalue weighted by Crippen LogP contribution is 2.69. The second-order valence-electron chi connectivity index (χ2n) is 13.8. The molecule has 4 rings (SSSR count). The van der Waals surface area contributed by atoms with Crippen LogP contribution in [0.3, 0.4) is 0 Å². The molecule has 0 amide bonds. The summed E-state index contributed by atoms with van der Waals surface area (Å²) in [6, 6.07) is 0. The third kappa shape index (κ3) is 5.33. The zero-order valence-electron chi connectivity index (χ0n) is 24.5. The molecule has 1 heterocycles. The average molecular weight is 533 g/mol. The van der Waals surface area contributed by atoms with Gasteiger partial charge in [-0.1, -0.05) is 59.8 Å². The molecule has 7 unspecified atom stereocenters. The van der Waals surface area contributed by atoms with Crippen molar-refractivity contribution < 1.29 is 29.3 Å². The van der Waals surface area contributed by atoms with E-state index in [-0.39, 0.29) is 41.9 Å². The van der Waals surface area contributed by atoms with Gasteiger partial charge in [-0.25, -0.2) is 4.79 Å². The van der Waals surface area contributed by atoms with Crippen LogP contribution in [-0.4, -0.2) is 46.6 Å². The zero-order valence-corrected chi connectivity index (χ0v) is 24.5. The van der Waals surface area contributed by atoms with E-state index in [1.54, 1.807) is 6.08 Å². The van der Waals surface area contributed by atoms with Crippen LogP contribution in [0.2, 0.25) is 0 Å². The highest BCUT2D eigenvalue weighted by molar-refractivity contribution is 5.85. The van der Waals surface area contributed by atoms with Crippen LogP contribution in [0.15, 0.2) is 11.6 Å². The van der Waals surface area contributed by atoms with Crippen molar-refractivity contribution in [2.24, 2.45) is 34.5 Å². The second-order valence-corrected chi connectivity index (χ2v) is 13.8. The maximum Gasteiger partial charge on any atom is 0.331 e. The van der Waals surface area contributed by atoms with Gasteiger partial charge in [-0.2, -0.15) is 0 Å². The van der Waals surface area contributed by atoms with Crippen LogP contribution in [-0.2, 0) is 19.1 Å². The summed E-state index contributed by atoms with van der Waals surface area (Å²) in [7, 11) is 0. The van der Waals surface area contributed by atoms with Crippen molar-refractivity contribution in [1.29, 1.82) is 0 Å². The monoisotopic (exact) mass is 532 g/mol. The van der Waals surface area contributed by atoms with Crippen LogP contribution in [0.25, 0.3) is 0 Å². The van der Waals surface area contributed by atoms with Gasteiger partial charge in [-0.15, -0.1) is 0 Å². The van der Waals surface area contributed by atoms with Gasteiger partial charge in [0.05, 0.1) is 11.7 Å². The summed E-state index contributed by atoms with van der Waals surface area (Å²) in [5.74, 6) is 0.156. The lowest BCUT2D eigenvalue weighted by molar-refractivity contribution is -0.301. The van der Waals surface area contributed by atoms with Crippen molar-refractivity contribution in [1.82, 2.24) is 0 Å². The number of rotatable bonds is 9. The molecular formula is C32H52O6. The number of ether oxygens (including phenoxy) is 2. The summed E-state index contributed by atoms with van der Waals surface area (Å²) in [5, 5.41) is 25.1. The zero-order chi connectivity index (χ0) is 27.7. The van der Waals surface area contributed by atoms with Crippen LogP contribution in [0, 0.1) is 34.5 Å². The van der Waals surface area contributed by atoms with Gasteiger partial charge in [0.25, 0.3) is 0 Å². The number of carbonyl (C=O) groups is 2. The van der Waals surface area contributed by atoms with Crippen LogP contribution < -0.4 is 0 Å². The molecular weight excluding hydrogens is 480 g/mol. The Labute approximate surface area is 229 Å². The second kappa shape index (κ2) is 11.6. The Morgan fingerprint density at radius 3 is 2.50 bits per heavy atom. The number of cyclic esters (lactones) is 1. The van der Waals surface area contributed by atoms with Crippen LogP contribution in [0.1, 0.15) is 118 Å². The Kier molecular flexibility index (Phi) is 9.03. The fourth-order valence-corrected chi connectivity index (χ4v) is 9.39. The topological polar surface area (TPSA) is 93.1 Å². The maximum absolute atomic E-state index is 13.0. The number of esters is 2. The molecule has 216 valence electrons. The first-order valence-corrected chi connectivity index (χ1v) is 15.4. The molecule has 0 aromatic rings. The first kappa shape index (κ1) is 29.6. The minimum atomic E-state index is -1.15. The van der Waals surface area contributed by atoms with E-state index in [0.29, 0.717) is 43.9 Å². The normalized spacial score (nSPS) is 40.0. The number of aliphatic hydroxyl groups excluding tert-OH is 1. The lowest BCUT2D eigenvalue weighted by Crippen LogP contribution is -2.73. The van der Waals surface area contributed by atoms with E-state index in [2.05, 4.69) is 27.7 Å². The predicted octanol–water partition coefficient (Wildman–Crippen LogP) is 6.12. The molecule has 3 aliphatic carbocycles. The van der Waals surface area contributed by atoms with Gasteiger partial charge in [0.2, 0.25) is 0 Å². The minimum absolute atomic E-state index is 0.116. The van der Waals surface area contributed by atoms with Gasteiger partial charge in [0.1, 0.15) is 12.7 Å². The average Bonchev–Trinajstić information content (AvgIpc) is 3.28. The number of hydrogen-bond donors (Lipinski definition) is 2. The van der Waals surface area contributed by atoms with E-state index >= 15 is 0 Å². The SMILES string of the molecule is CC(=O)OC1CC(C)C(O)(CCC2=CC(=O)OC2)C2(CCCC(C)C)C(O)CCC(C)(C3CCCCC3)C12. The van der Waals surface area contributed by atoms with Crippen molar-refractivity contribution >= 4 is 11.9 Å². The predicted molar refractivity (Wildman–Crippen MR) is 147 cm³/mol. The van der Waals surface area contributed by atoms with Crippen molar-refractivity contribution in [2.45, 2.75) is 136 Å².